The summed E-state index contributed by atoms with van der Waals surface area (Å²) < 4.78 is 25.6. The molecule has 0 amide bonds. The summed E-state index contributed by atoms with van der Waals surface area (Å²) in [6.45, 7) is 10.5. The van der Waals surface area contributed by atoms with Crippen LogP contribution in [0.25, 0.3) is 16.6 Å². The van der Waals surface area contributed by atoms with Gasteiger partial charge in [0.15, 0.2) is 0 Å². The number of aliphatic carboxylic acids is 1. The first-order valence-electron chi connectivity index (χ1n) is 19.0. The third kappa shape index (κ3) is 9.27. The minimum absolute atomic E-state index is 0.0153. The van der Waals surface area contributed by atoms with Crippen LogP contribution < -0.4 is 14.2 Å². The summed E-state index contributed by atoms with van der Waals surface area (Å²) in [5, 5.41) is 15.6. The lowest BCUT2D eigenvalue weighted by molar-refractivity contribution is -0.145. The third-order valence-corrected chi connectivity index (χ3v) is 11.2. The largest absolute Gasteiger partial charge is 0.491 e. The number of rotatable bonds is 14. The van der Waals surface area contributed by atoms with Gasteiger partial charge in [0, 0.05) is 70.0 Å². The number of carbonyl (C=O) groups is 1. The molecule has 13 nitrogen and oxygen atoms in total. The molecule has 0 spiro atoms. The van der Waals surface area contributed by atoms with E-state index in [-0.39, 0.29) is 30.0 Å². The van der Waals surface area contributed by atoms with E-state index in [1.807, 2.05) is 43.3 Å². The van der Waals surface area contributed by atoms with Gasteiger partial charge in [0.2, 0.25) is 12.0 Å². The first-order chi connectivity index (χ1) is 27.7. The van der Waals surface area contributed by atoms with Crippen molar-refractivity contribution < 1.29 is 28.8 Å². The van der Waals surface area contributed by atoms with Crippen molar-refractivity contribution in [1.82, 2.24) is 34.4 Å². The number of para-hydroxylation sites is 1. The Labute approximate surface area is 341 Å². The van der Waals surface area contributed by atoms with Gasteiger partial charge >= 0.3 is 5.97 Å². The van der Waals surface area contributed by atoms with Crippen LogP contribution in [0.1, 0.15) is 53.9 Å². The number of likely N-dealkylation sites (N-methyl/N-ethyl adjacent to an activating group) is 1. The van der Waals surface area contributed by atoms with Crippen molar-refractivity contribution in [3.05, 3.63) is 93.4 Å². The lowest BCUT2D eigenvalue weighted by atomic mass is 9.97. The fourth-order valence-electron chi connectivity index (χ4n) is 7.14. The molecule has 0 radical (unpaired) electrons. The Bertz CT molecular complexity index is 2280. The standard InChI is InChI=1S/C42H45Cl2N7O6/c1-4-7-32-36(31-10-11-34(37(43)27(31)2)55-23-20-50-18-16-49(3)17-19-50)38-41(46-26-47-51(38)39(32)44)57-35(42(52)53)24-29-8-5-6-9-33(29)56-25-30-12-15-45-40(48-30)28-13-21-54-22-14-28/h5-6,8-12,15,26,28,35H,13-14,16-25H2,1-3H3,(H,52,53)/t35-/m1/s1. The van der Waals surface area contributed by atoms with Gasteiger partial charge in [-0.3, -0.25) is 4.90 Å². The van der Waals surface area contributed by atoms with E-state index in [2.05, 4.69) is 43.8 Å². The highest BCUT2D eigenvalue weighted by atomic mass is 35.5. The lowest BCUT2D eigenvalue weighted by Crippen LogP contribution is -2.45. The number of aromatic nitrogens is 5. The van der Waals surface area contributed by atoms with Gasteiger partial charge in [-0.1, -0.05) is 53.4 Å². The summed E-state index contributed by atoms with van der Waals surface area (Å²) in [7, 11) is 2.13. The van der Waals surface area contributed by atoms with Gasteiger partial charge in [-0.2, -0.15) is 10.1 Å². The zero-order valence-corrected chi connectivity index (χ0v) is 33.7. The predicted molar refractivity (Wildman–Crippen MR) is 217 cm³/mol. The molecular weight excluding hydrogens is 769 g/mol. The molecule has 1 N–H and O–H groups in total. The molecule has 2 saturated heterocycles. The summed E-state index contributed by atoms with van der Waals surface area (Å²) in [6.07, 6.45) is 3.36. The van der Waals surface area contributed by atoms with Crippen LogP contribution in [0.3, 0.4) is 0 Å². The number of ether oxygens (including phenoxy) is 4. The van der Waals surface area contributed by atoms with Crippen molar-refractivity contribution in [2.45, 2.75) is 51.7 Å². The molecule has 298 valence electrons. The molecule has 1 atom stereocenters. The Morgan fingerprint density at radius 1 is 1.04 bits per heavy atom. The van der Waals surface area contributed by atoms with Crippen molar-refractivity contribution in [3.63, 3.8) is 0 Å². The van der Waals surface area contributed by atoms with Crippen molar-refractivity contribution in [2.24, 2.45) is 0 Å². The highest BCUT2D eigenvalue weighted by Crippen LogP contribution is 2.43. The van der Waals surface area contributed by atoms with Gasteiger partial charge in [-0.15, -0.1) is 5.92 Å². The molecule has 5 heterocycles. The SMILES string of the molecule is CC#Cc1c(-c2ccc(OCCN3CCN(C)CC3)c(Cl)c2C)c2c(O[C@H](Cc3ccccc3OCc3ccnc(C4CCOCC4)n3)C(=O)O)ncnn2c1Cl. The van der Waals surface area contributed by atoms with Crippen LogP contribution in [0.2, 0.25) is 10.2 Å². The van der Waals surface area contributed by atoms with E-state index in [1.54, 1.807) is 19.2 Å². The Hall–Kier alpha value is -4.97. The van der Waals surface area contributed by atoms with E-state index >= 15 is 0 Å². The molecule has 0 saturated carbocycles. The van der Waals surface area contributed by atoms with Gasteiger partial charge in [0.25, 0.3) is 0 Å². The van der Waals surface area contributed by atoms with E-state index in [4.69, 9.17) is 47.1 Å². The van der Waals surface area contributed by atoms with Crippen molar-refractivity contribution >= 4 is 34.7 Å². The van der Waals surface area contributed by atoms with Crippen LogP contribution in [0.4, 0.5) is 0 Å². The normalized spacial score (nSPS) is 15.9. The molecule has 5 aromatic rings. The Kier molecular flexibility index (Phi) is 13.1. The third-order valence-electron chi connectivity index (χ3n) is 10.4. The number of nitrogens with zero attached hydrogens (tertiary/aromatic N) is 7. The Balaban J connectivity index is 1.14. The molecule has 0 aliphatic carbocycles. The van der Waals surface area contributed by atoms with Crippen LogP contribution in [0.15, 0.2) is 55.0 Å². The average molecular weight is 815 g/mol. The first kappa shape index (κ1) is 40.2. The van der Waals surface area contributed by atoms with E-state index in [0.717, 1.165) is 62.6 Å². The number of hydrogen-bond acceptors (Lipinski definition) is 11. The number of fused-ring (bicyclic) bond motifs is 1. The van der Waals surface area contributed by atoms with Gasteiger partial charge in [0.05, 0.1) is 16.3 Å². The number of carboxylic acids is 1. The van der Waals surface area contributed by atoms with E-state index in [9.17, 15) is 9.90 Å². The molecule has 0 bridgehead atoms. The van der Waals surface area contributed by atoms with E-state index in [0.29, 0.717) is 64.1 Å². The van der Waals surface area contributed by atoms with Gasteiger partial charge in [-0.25, -0.2) is 19.3 Å². The summed E-state index contributed by atoms with van der Waals surface area (Å²) in [5.41, 5.74) is 4.16. The fraction of sp³-hybridized carbons (Fsp3) is 0.405. The molecule has 2 aliphatic rings. The second kappa shape index (κ2) is 18.5. The molecule has 15 heteroatoms. The maximum absolute atomic E-state index is 12.9. The smallest absolute Gasteiger partial charge is 0.345 e. The summed E-state index contributed by atoms with van der Waals surface area (Å²) in [5.74, 6) is 6.96. The second-order valence-electron chi connectivity index (χ2n) is 14.1. The molecular formula is C42H45Cl2N7O6. The van der Waals surface area contributed by atoms with Crippen LogP contribution in [0, 0.1) is 18.8 Å². The Morgan fingerprint density at radius 2 is 1.82 bits per heavy atom. The molecule has 7 rings (SSSR count). The minimum Gasteiger partial charge on any atom is -0.491 e. The summed E-state index contributed by atoms with van der Waals surface area (Å²) in [4.78, 5) is 31.2. The molecule has 2 aromatic carbocycles. The van der Waals surface area contributed by atoms with Crippen LogP contribution >= 0.6 is 23.2 Å². The number of hydrogen-bond donors (Lipinski definition) is 1. The number of piperazine rings is 1. The summed E-state index contributed by atoms with van der Waals surface area (Å²) >= 11 is 13.9. The van der Waals surface area contributed by atoms with Crippen LogP contribution in [-0.4, -0.2) is 111 Å². The minimum atomic E-state index is -1.37. The lowest BCUT2D eigenvalue weighted by Gasteiger charge is -2.32. The van der Waals surface area contributed by atoms with Crippen molar-refractivity contribution in [1.29, 1.82) is 0 Å². The molecule has 2 fully saturated rings. The summed E-state index contributed by atoms with van der Waals surface area (Å²) in [6, 6.07) is 12.8. The van der Waals surface area contributed by atoms with Gasteiger partial charge in [-0.05, 0) is 68.6 Å². The Morgan fingerprint density at radius 3 is 2.60 bits per heavy atom. The van der Waals surface area contributed by atoms with E-state index < -0.39 is 12.1 Å². The van der Waals surface area contributed by atoms with Crippen molar-refractivity contribution in [2.75, 3.05) is 59.6 Å². The second-order valence-corrected chi connectivity index (χ2v) is 14.9. The van der Waals surface area contributed by atoms with E-state index in [1.165, 1.54) is 10.8 Å². The maximum atomic E-state index is 12.9. The van der Waals surface area contributed by atoms with Gasteiger partial charge in [0.1, 0.15) is 47.5 Å². The topological polar surface area (TPSA) is 137 Å². The van der Waals surface area contributed by atoms with Crippen LogP contribution in [0.5, 0.6) is 17.4 Å². The predicted octanol–water partition coefficient (Wildman–Crippen LogP) is 6.35. The maximum Gasteiger partial charge on any atom is 0.345 e. The monoisotopic (exact) mass is 813 g/mol. The zero-order valence-electron chi connectivity index (χ0n) is 32.2. The first-order valence-corrected chi connectivity index (χ1v) is 19.8. The molecule has 3 aromatic heterocycles. The van der Waals surface area contributed by atoms with Crippen molar-refractivity contribution in [3.8, 4) is 40.3 Å². The average Bonchev–Trinajstić information content (AvgIpc) is 3.51. The van der Waals surface area contributed by atoms with Crippen LogP contribution in [-0.2, 0) is 22.6 Å². The molecule has 2 aliphatic heterocycles. The quantitative estimate of drug-likeness (QED) is 0.125. The van der Waals surface area contributed by atoms with Gasteiger partial charge < -0.3 is 29.0 Å². The highest BCUT2D eigenvalue weighted by Gasteiger charge is 2.29. The number of halogens is 2. The number of carboxylic acid groups (broad SMARTS) is 1. The molecule has 0 unspecified atom stereocenters. The zero-order chi connectivity index (χ0) is 39.9. The highest BCUT2D eigenvalue weighted by molar-refractivity contribution is 6.34. The number of benzene rings is 2. The fourth-order valence-corrected chi connectivity index (χ4v) is 7.63. The molecule has 57 heavy (non-hydrogen) atoms.